The number of thioether (sulfide) groups is 1. The van der Waals surface area contributed by atoms with Gasteiger partial charge in [0.15, 0.2) is 0 Å². The molecular weight excluding hydrogens is 326 g/mol. The first-order valence-corrected chi connectivity index (χ1v) is 9.32. The van der Waals surface area contributed by atoms with Crippen LogP contribution in [0.3, 0.4) is 0 Å². The lowest BCUT2D eigenvalue weighted by atomic mass is 10.2. The van der Waals surface area contributed by atoms with Gasteiger partial charge in [0, 0.05) is 28.2 Å². The zero-order valence-electron chi connectivity index (χ0n) is 14.7. The zero-order chi connectivity index (χ0) is 17.4. The number of rotatable bonds is 3. The third-order valence-electron chi connectivity index (χ3n) is 4.58. The number of hydrogen-bond acceptors (Lipinski definition) is 3. The summed E-state index contributed by atoms with van der Waals surface area (Å²) in [5, 5.41) is 5.75. The van der Waals surface area contributed by atoms with Crippen LogP contribution in [0.1, 0.15) is 33.5 Å². The second-order valence-electron chi connectivity index (χ2n) is 6.41. The van der Waals surface area contributed by atoms with Crippen LogP contribution in [-0.4, -0.2) is 9.61 Å². The van der Waals surface area contributed by atoms with Crippen molar-refractivity contribution in [1.29, 1.82) is 0 Å². The van der Waals surface area contributed by atoms with E-state index in [0.29, 0.717) is 0 Å². The maximum absolute atomic E-state index is 4.55. The average molecular weight is 347 g/mol. The van der Waals surface area contributed by atoms with Gasteiger partial charge in [-0.3, -0.25) is 5.43 Å². The van der Waals surface area contributed by atoms with Gasteiger partial charge in [-0.15, -0.1) is 0 Å². The number of nitrogens with zero attached hydrogens (tertiary/aromatic N) is 2. The molecule has 0 unspecified atom stereocenters. The van der Waals surface area contributed by atoms with Crippen LogP contribution < -0.4 is 5.43 Å². The van der Waals surface area contributed by atoms with E-state index in [1.807, 2.05) is 6.07 Å². The molecule has 0 radical (unpaired) electrons. The first-order valence-electron chi connectivity index (χ1n) is 8.44. The molecule has 0 amide bonds. The molecule has 1 atom stereocenters. The van der Waals surface area contributed by atoms with E-state index in [1.165, 1.54) is 28.2 Å². The minimum absolute atomic E-state index is 0.153. The van der Waals surface area contributed by atoms with Gasteiger partial charge in [0.2, 0.25) is 0 Å². The van der Waals surface area contributed by atoms with Gasteiger partial charge >= 0.3 is 0 Å². The monoisotopic (exact) mass is 347 g/mol. The Morgan fingerprint density at radius 3 is 2.40 bits per heavy atom. The van der Waals surface area contributed by atoms with Crippen LogP contribution in [0.4, 0.5) is 0 Å². The highest BCUT2D eigenvalue weighted by Gasteiger charge is 2.26. The Morgan fingerprint density at radius 1 is 0.960 bits per heavy atom. The van der Waals surface area contributed by atoms with Crippen molar-refractivity contribution in [2.45, 2.75) is 26.1 Å². The molecule has 25 heavy (non-hydrogen) atoms. The standard InChI is InChI=1S/C21H21N3S/c1-14-9-11-18(12-10-14)24-15(2)13-19(16(24)3)21-23-22-20(25-21)17-7-5-4-6-8-17/h4-13,21,23H,1-3H3/t21-/m0/s1. The highest BCUT2D eigenvalue weighted by molar-refractivity contribution is 8.14. The van der Waals surface area contributed by atoms with Gasteiger partial charge in [-0.05, 0) is 39.0 Å². The lowest BCUT2D eigenvalue weighted by Gasteiger charge is -2.12. The van der Waals surface area contributed by atoms with E-state index in [-0.39, 0.29) is 5.37 Å². The summed E-state index contributed by atoms with van der Waals surface area (Å²) < 4.78 is 2.32. The molecule has 1 aliphatic rings. The van der Waals surface area contributed by atoms with Crippen LogP contribution in [0.25, 0.3) is 5.69 Å². The van der Waals surface area contributed by atoms with Gasteiger partial charge < -0.3 is 4.57 Å². The molecule has 3 aromatic rings. The molecule has 126 valence electrons. The molecule has 2 heterocycles. The summed E-state index contributed by atoms with van der Waals surface area (Å²) in [6.45, 7) is 6.46. The molecule has 0 spiro atoms. The Bertz CT molecular complexity index is 924. The quantitative estimate of drug-likeness (QED) is 0.714. The second kappa shape index (κ2) is 6.45. The van der Waals surface area contributed by atoms with Crippen LogP contribution >= 0.6 is 11.8 Å². The molecular formula is C21H21N3S. The van der Waals surface area contributed by atoms with Crippen molar-refractivity contribution in [2.75, 3.05) is 0 Å². The molecule has 4 heteroatoms. The number of hydrazone groups is 1. The smallest absolute Gasteiger partial charge is 0.126 e. The second-order valence-corrected chi connectivity index (χ2v) is 7.50. The van der Waals surface area contributed by atoms with Crippen molar-refractivity contribution in [3.05, 3.63) is 88.7 Å². The normalized spacial score (nSPS) is 16.6. The largest absolute Gasteiger partial charge is 0.318 e. The fourth-order valence-electron chi connectivity index (χ4n) is 3.27. The van der Waals surface area contributed by atoms with Gasteiger partial charge in [-0.25, -0.2) is 0 Å². The van der Waals surface area contributed by atoms with Crippen molar-refractivity contribution in [3.63, 3.8) is 0 Å². The Balaban J connectivity index is 1.63. The maximum Gasteiger partial charge on any atom is 0.126 e. The molecule has 0 saturated heterocycles. The summed E-state index contributed by atoms with van der Waals surface area (Å²) in [6.07, 6.45) is 0. The molecule has 1 aliphatic heterocycles. The molecule has 0 saturated carbocycles. The number of benzene rings is 2. The number of hydrogen-bond donors (Lipinski definition) is 1. The van der Waals surface area contributed by atoms with E-state index < -0.39 is 0 Å². The van der Waals surface area contributed by atoms with Crippen LogP contribution in [0, 0.1) is 20.8 Å². The van der Waals surface area contributed by atoms with Crippen LogP contribution in [0.15, 0.2) is 65.8 Å². The number of aryl methyl sites for hydroxylation is 2. The molecule has 1 aromatic heterocycles. The predicted molar refractivity (Wildman–Crippen MR) is 106 cm³/mol. The fraction of sp³-hybridized carbons (Fsp3) is 0.190. The van der Waals surface area contributed by atoms with Crippen LogP contribution in [0.2, 0.25) is 0 Å². The topological polar surface area (TPSA) is 29.3 Å². The van der Waals surface area contributed by atoms with Gasteiger partial charge in [-0.2, -0.15) is 5.10 Å². The van der Waals surface area contributed by atoms with Crippen molar-refractivity contribution >= 4 is 16.8 Å². The summed E-state index contributed by atoms with van der Waals surface area (Å²) in [7, 11) is 0. The van der Waals surface area contributed by atoms with E-state index in [9.17, 15) is 0 Å². The lowest BCUT2D eigenvalue weighted by molar-refractivity contribution is 0.737. The fourth-order valence-corrected chi connectivity index (χ4v) is 4.34. The van der Waals surface area contributed by atoms with Gasteiger partial charge in [0.05, 0.1) is 0 Å². The SMILES string of the molecule is Cc1ccc(-n2c(C)cc([C@H]3NN=C(c4ccccc4)S3)c2C)cc1. The third-order valence-corrected chi connectivity index (χ3v) is 5.72. The molecule has 4 rings (SSSR count). The first kappa shape index (κ1) is 16.0. The molecule has 1 N–H and O–H groups in total. The van der Waals surface area contributed by atoms with Crippen molar-refractivity contribution in [3.8, 4) is 5.69 Å². The van der Waals surface area contributed by atoms with Gasteiger partial charge in [0.25, 0.3) is 0 Å². The van der Waals surface area contributed by atoms with Gasteiger partial charge in [-0.1, -0.05) is 59.8 Å². The van der Waals surface area contributed by atoms with Crippen molar-refractivity contribution < 1.29 is 0 Å². The summed E-state index contributed by atoms with van der Waals surface area (Å²) in [5.41, 5.74) is 10.7. The predicted octanol–water partition coefficient (Wildman–Crippen LogP) is 5.10. The van der Waals surface area contributed by atoms with Crippen LogP contribution in [-0.2, 0) is 0 Å². The van der Waals surface area contributed by atoms with E-state index in [1.54, 1.807) is 11.8 Å². The van der Waals surface area contributed by atoms with E-state index >= 15 is 0 Å². The number of nitrogens with one attached hydrogen (secondary N) is 1. The molecule has 0 fully saturated rings. The van der Waals surface area contributed by atoms with Crippen molar-refractivity contribution in [1.82, 2.24) is 9.99 Å². The minimum Gasteiger partial charge on any atom is -0.318 e. The Labute approximate surface area is 152 Å². The number of aromatic nitrogens is 1. The maximum atomic E-state index is 4.55. The highest BCUT2D eigenvalue weighted by Crippen LogP contribution is 2.37. The average Bonchev–Trinajstić information content (AvgIpc) is 3.22. The summed E-state index contributed by atoms with van der Waals surface area (Å²) in [5.74, 6) is 0. The summed E-state index contributed by atoms with van der Waals surface area (Å²) >= 11 is 1.78. The van der Waals surface area contributed by atoms with Crippen molar-refractivity contribution in [2.24, 2.45) is 5.10 Å². The van der Waals surface area contributed by atoms with E-state index in [2.05, 4.69) is 90.5 Å². The highest BCUT2D eigenvalue weighted by atomic mass is 32.2. The molecule has 3 nitrogen and oxygen atoms in total. The zero-order valence-corrected chi connectivity index (χ0v) is 15.5. The molecule has 0 aliphatic carbocycles. The Kier molecular flexibility index (Phi) is 4.14. The Morgan fingerprint density at radius 2 is 1.68 bits per heavy atom. The molecule has 0 bridgehead atoms. The Hall–Kier alpha value is -2.46. The molecule has 2 aromatic carbocycles. The third kappa shape index (κ3) is 2.98. The van der Waals surface area contributed by atoms with Crippen LogP contribution in [0.5, 0.6) is 0 Å². The minimum atomic E-state index is 0.153. The lowest BCUT2D eigenvalue weighted by Crippen LogP contribution is -2.08. The van der Waals surface area contributed by atoms with E-state index in [4.69, 9.17) is 0 Å². The van der Waals surface area contributed by atoms with Gasteiger partial charge in [0.1, 0.15) is 10.4 Å². The first-order chi connectivity index (χ1) is 12.1. The summed E-state index contributed by atoms with van der Waals surface area (Å²) in [6, 6.07) is 21.3. The van der Waals surface area contributed by atoms with E-state index in [0.717, 1.165) is 10.6 Å². The summed E-state index contributed by atoms with van der Waals surface area (Å²) in [4.78, 5) is 0.